The third-order valence-corrected chi connectivity index (χ3v) is 3.03. The molecule has 1 unspecified atom stereocenters. The first kappa shape index (κ1) is 12.6. The zero-order chi connectivity index (χ0) is 12.6. The number of nitrogens with zero attached hydrogens (tertiary/aromatic N) is 2. The molecular weight excluding hydrogens is 222 g/mol. The highest BCUT2D eigenvalue weighted by Gasteiger charge is 2.38. The highest BCUT2D eigenvalue weighted by Crippen LogP contribution is 2.18. The number of hydrogen-bond acceptors (Lipinski definition) is 5. The van der Waals surface area contributed by atoms with Crippen LogP contribution in [-0.2, 0) is 4.74 Å². The van der Waals surface area contributed by atoms with Gasteiger partial charge in [0.05, 0.1) is 0 Å². The number of rotatable bonds is 0. The molecule has 2 rings (SSSR count). The van der Waals surface area contributed by atoms with Crippen LogP contribution in [0, 0.1) is 0 Å². The molecule has 2 fully saturated rings. The van der Waals surface area contributed by atoms with Crippen molar-refractivity contribution in [3.63, 3.8) is 0 Å². The summed E-state index contributed by atoms with van der Waals surface area (Å²) in [5.74, 6) is 0. The predicted molar refractivity (Wildman–Crippen MR) is 62.3 cm³/mol. The molecule has 0 saturated carbocycles. The van der Waals surface area contributed by atoms with Crippen LogP contribution in [0.4, 0.5) is 4.79 Å². The van der Waals surface area contributed by atoms with E-state index in [9.17, 15) is 9.90 Å². The van der Waals surface area contributed by atoms with Crippen molar-refractivity contribution >= 4 is 6.09 Å². The normalized spacial score (nSPS) is 30.2. The minimum absolute atomic E-state index is 0.186. The van der Waals surface area contributed by atoms with Crippen LogP contribution >= 0.6 is 0 Å². The van der Waals surface area contributed by atoms with Gasteiger partial charge in [-0.25, -0.2) is 4.79 Å². The summed E-state index contributed by atoms with van der Waals surface area (Å²) in [4.78, 5) is 15.6. The highest BCUT2D eigenvalue weighted by atomic mass is 16.6. The number of carbonyl (C=O) groups excluding carboxylic acids is 1. The number of carbonyl (C=O) groups is 1. The Kier molecular flexibility index (Phi) is 3.29. The van der Waals surface area contributed by atoms with Gasteiger partial charge in [0.2, 0.25) is 0 Å². The number of aliphatic hydroxyl groups is 1. The summed E-state index contributed by atoms with van der Waals surface area (Å²) in [5, 5.41) is 12.6. The molecule has 2 aliphatic rings. The van der Waals surface area contributed by atoms with Gasteiger partial charge in [-0.1, -0.05) is 0 Å². The molecule has 0 aromatic rings. The van der Waals surface area contributed by atoms with Crippen LogP contribution in [0.15, 0.2) is 0 Å². The quantitative estimate of drug-likeness (QED) is 0.616. The second kappa shape index (κ2) is 4.44. The zero-order valence-electron chi connectivity index (χ0n) is 10.6. The van der Waals surface area contributed by atoms with Gasteiger partial charge in [-0.2, -0.15) is 0 Å². The van der Waals surface area contributed by atoms with Crippen molar-refractivity contribution < 1.29 is 14.6 Å². The predicted octanol–water partition coefficient (Wildman–Crippen LogP) is -0.213. The Morgan fingerprint density at radius 1 is 1.41 bits per heavy atom. The van der Waals surface area contributed by atoms with Crippen molar-refractivity contribution in [3.05, 3.63) is 0 Å². The van der Waals surface area contributed by atoms with Gasteiger partial charge in [0, 0.05) is 32.2 Å². The average Bonchev–Trinajstić information content (AvgIpc) is 2.57. The van der Waals surface area contributed by atoms with Crippen LogP contribution in [0.5, 0.6) is 0 Å². The lowest BCUT2D eigenvalue weighted by atomic mass is 10.2. The number of fused-ring (bicyclic) bond motifs is 1. The van der Waals surface area contributed by atoms with Crippen molar-refractivity contribution in [2.45, 2.75) is 38.8 Å². The second-order valence-electron chi connectivity index (χ2n) is 5.60. The Hall–Kier alpha value is -0.850. The molecular formula is C11H21N3O3. The number of aliphatic hydroxyl groups excluding tert-OH is 1. The van der Waals surface area contributed by atoms with Crippen LogP contribution < -0.4 is 5.32 Å². The van der Waals surface area contributed by atoms with Crippen molar-refractivity contribution in [1.82, 2.24) is 15.1 Å². The number of nitrogens with one attached hydrogen (secondary N) is 1. The summed E-state index contributed by atoms with van der Waals surface area (Å²) >= 11 is 0. The van der Waals surface area contributed by atoms with Crippen molar-refractivity contribution in [2.75, 3.05) is 26.2 Å². The minimum atomic E-state index is -0.569. The Morgan fingerprint density at radius 3 is 2.76 bits per heavy atom. The van der Waals surface area contributed by atoms with E-state index in [1.807, 2.05) is 25.7 Å². The lowest BCUT2D eigenvalue weighted by Gasteiger charge is -2.38. The van der Waals surface area contributed by atoms with Gasteiger partial charge < -0.3 is 14.7 Å². The maximum atomic E-state index is 11.9. The van der Waals surface area contributed by atoms with Gasteiger partial charge in [0.1, 0.15) is 5.60 Å². The number of piperazine rings is 1. The fraction of sp³-hybridized carbons (Fsp3) is 0.909. The van der Waals surface area contributed by atoms with E-state index in [0.29, 0.717) is 26.2 Å². The first-order valence-corrected chi connectivity index (χ1v) is 6.02. The molecule has 6 nitrogen and oxygen atoms in total. The molecule has 2 heterocycles. The van der Waals surface area contributed by atoms with E-state index in [2.05, 4.69) is 5.32 Å². The SMILES string of the molecule is CC(C)(C)OC(=O)N1CCN2C(O)NC[C@@H]2C1. The zero-order valence-corrected chi connectivity index (χ0v) is 10.6. The van der Waals surface area contributed by atoms with E-state index in [4.69, 9.17) is 4.74 Å². The van der Waals surface area contributed by atoms with E-state index in [1.165, 1.54) is 0 Å². The van der Waals surface area contributed by atoms with Gasteiger partial charge in [0.15, 0.2) is 6.35 Å². The molecule has 2 saturated heterocycles. The average molecular weight is 243 g/mol. The van der Waals surface area contributed by atoms with E-state index >= 15 is 0 Å². The smallest absolute Gasteiger partial charge is 0.410 e. The van der Waals surface area contributed by atoms with E-state index < -0.39 is 12.0 Å². The lowest BCUT2D eigenvalue weighted by molar-refractivity contribution is -0.0353. The summed E-state index contributed by atoms with van der Waals surface area (Å²) in [5.41, 5.74) is -0.457. The Morgan fingerprint density at radius 2 is 2.12 bits per heavy atom. The van der Waals surface area contributed by atoms with E-state index in [1.54, 1.807) is 4.90 Å². The molecule has 0 bridgehead atoms. The van der Waals surface area contributed by atoms with Gasteiger partial charge in [0.25, 0.3) is 0 Å². The summed E-state index contributed by atoms with van der Waals surface area (Å²) in [6.45, 7) is 8.19. The third-order valence-electron chi connectivity index (χ3n) is 3.03. The van der Waals surface area contributed by atoms with E-state index in [-0.39, 0.29) is 12.1 Å². The maximum Gasteiger partial charge on any atom is 0.410 e. The molecule has 6 heteroatoms. The first-order chi connectivity index (χ1) is 7.87. The number of ether oxygens (including phenoxy) is 1. The third kappa shape index (κ3) is 2.88. The molecule has 2 aliphatic heterocycles. The van der Waals surface area contributed by atoms with Crippen LogP contribution in [0.3, 0.4) is 0 Å². The summed E-state index contributed by atoms with van der Waals surface area (Å²) < 4.78 is 5.34. The summed E-state index contributed by atoms with van der Waals surface area (Å²) in [6.07, 6.45) is -0.834. The molecule has 0 aromatic heterocycles. The molecule has 0 aliphatic carbocycles. The maximum absolute atomic E-state index is 11.9. The minimum Gasteiger partial charge on any atom is -0.444 e. The van der Waals surface area contributed by atoms with Gasteiger partial charge in [-0.15, -0.1) is 0 Å². The Balaban J connectivity index is 1.91. The molecule has 2 N–H and O–H groups in total. The lowest BCUT2D eigenvalue weighted by Crippen LogP contribution is -2.55. The van der Waals surface area contributed by atoms with Gasteiger partial charge >= 0.3 is 6.09 Å². The van der Waals surface area contributed by atoms with Crippen LogP contribution in [0.2, 0.25) is 0 Å². The van der Waals surface area contributed by atoms with Crippen molar-refractivity contribution in [3.8, 4) is 0 Å². The monoisotopic (exact) mass is 243 g/mol. The fourth-order valence-corrected chi connectivity index (χ4v) is 2.22. The Labute approximate surface area is 102 Å². The van der Waals surface area contributed by atoms with Crippen molar-refractivity contribution in [1.29, 1.82) is 0 Å². The standard InChI is InChI=1S/C11H21N3O3/c1-11(2,3)17-10(16)13-4-5-14-8(7-13)6-12-9(14)15/h8-9,12,15H,4-7H2,1-3H3/t8-,9?/m1/s1. The number of hydrogen-bond donors (Lipinski definition) is 2. The van der Waals surface area contributed by atoms with Crippen LogP contribution in [-0.4, -0.2) is 65.2 Å². The van der Waals surface area contributed by atoms with Crippen LogP contribution in [0.1, 0.15) is 20.8 Å². The molecule has 2 atom stereocenters. The topological polar surface area (TPSA) is 65.0 Å². The molecule has 0 spiro atoms. The van der Waals surface area contributed by atoms with Crippen molar-refractivity contribution in [2.24, 2.45) is 0 Å². The van der Waals surface area contributed by atoms with Gasteiger partial charge in [-0.05, 0) is 20.8 Å². The Bertz CT molecular complexity index is 303. The molecule has 1 amide bonds. The fourth-order valence-electron chi connectivity index (χ4n) is 2.22. The molecule has 17 heavy (non-hydrogen) atoms. The van der Waals surface area contributed by atoms with Crippen LogP contribution in [0.25, 0.3) is 0 Å². The first-order valence-electron chi connectivity index (χ1n) is 6.02. The summed E-state index contributed by atoms with van der Waals surface area (Å²) in [7, 11) is 0. The molecule has 98 valence electrons. The highest BCUT2D eigenvalue weighted by molar-refractivity contribution is 5.68. The number of amides is 1. The molecule has 0 aromatic carbocycles. The van der Waals surface area contributed by atoms with E-state index in [0.717, 1.165) is 0 Å². The second-order valence-corrected chi connectivity index (χ2v) is 5.60. The molecule has 0 radical (unpaired) electrons. The largest absolute Gasteiger partial charge is 0.444 e. The summed E-state index contributed by atoms with van der Waals surface area (Å²) in [6, 6.07) is 0.186. The van der Waals surface area contributed by atoms with Gasteiger partial charge in [-0.3, -0.25) is 10.2 Å².